The molecule has 0 bridgehead atoms. The van der Waals surface area contributed by atoms with Gasteiger partial charge in [0.2, 0.25) is 0 Å². The summed E-state index contributed by atoms with van der Waals surface area (Å²) in [5.41, 5.74) is 6.93. The Bertz CT molecular complexity index is 1680. The molecule has 0 fully saturated rings. The van der Waals surface area contributed by atoms with E-state index in [9.17, 15) is 4.79 Å². The Kier molecular flexibility index (Phi) is 9.44. The van der Waals surface area contributed by atoms with Crippen molar-refractivity contribution in [1.82, 2.24) is 10.4 Å². The highest BCUT2D eigenvalue weighted by Gasteiger charge is 2.12. The summed E-state index contributed by atoms with van der Waals surface area (Å²) in [4.78, 5) is 17.2. The van der Waals surface area contributed by atoms with Crippen molar-refractivity contribution in [3.63, 3.8) is 0 Å². The van der Waals surface area contributed by atoms with Crippen LogP contribution >= 0.6 is 57.7 Å². The minimum atomic E-state index is -0.368. The highest BCUT2D eigenvalue weighted by molar-refractivity contribution is 7.14. The normalized spacial score (nSPS) is 11.0. The number of hydrazone groups is 1. The first-order chi connectivity index (χ1) is 19.9. The smallest absolute Gasteiger partial charge is 0.271 e. The summed E-state index contributed by atoms with van der Waals surface area (Å²) >= 11 is 26.4. The van der Waals surface area contributed by atoms with Gasteiger partial charge in [0.15, 0.2) is 10.9 Å². The number of hydrogen-bond donors (Lipinski definition) is 2. The van der Waals surface area contributed by atoms with Gasteiger partial charge in [0.1, 0.15) is 6.61 Å². The molecule has 11 heteroatoms. The van der Waals surface area contributed by atoms with Gasteiger partial charge in [0.05, 0.1) is 22.0 Å². The second-order valence-corrected chi connectivity index (χ2v) is 11.2. The van der Waals surface area contributed by atoms with Crippen LogP contribution in [0.3, 0.4) is 0 Å². The van der Waals surface area contributed by atoms with Gasteiger partial charge in [-0.2, -0.15) is 5.10 Å². The van der Waals surface area contributed by atoms with Crippen molar-refractivity contribution in [2.75, 3.05) is 5.32 Å². The van der Waals surface area contributed by atoms with Crippen LogP contribution in [0.25, 0.3) is 11.3 Å². The zero-order valence-electron chi connectivity index (χ0n) is 21.1. The number of nitrogens with zero attached hydrogens (tertiary/aromatic N) is 2. The molecule has 0 radical (unpaired) electrons. The van der Waals surface area contributed by atoms with Gasteiger partial charge in [-0.25, -0.2) is 10.4 Å². The Labute approximate surface area is 260 Å². The van der Waals surface area contributed by atoms with Crippen LogP contribution in [0.5, 0.6) is 5.75 Å². The molecule has 206 valence electrons. The SMILES string of the molecule is O=C(N/N=C\c1cc(Cl)c(OCc2ccccc2Cl)c(Cl)c1)c1ccc(-c2csc(Nc3ccc(Cl)cc3)n2)cc1. The minimum Gasteiger partial charge on any atom is -0.486 e. The lowest BCUT2D eigenvalue weighted by atomic mass is 10.1. The predicted molar refractivity (Wildman–Crippen MR) is 170 cm³/mol. The molecule has 0 spiro atoms. The van der Waals surface area contributed by atoms with Crippen LogP contribution in [0.1, 0.15) is 21.5 Å². The molecule has 0 saturated carbocycles. The molecule has 0 aliphatic heterocycles. The van der Waals surface area contributed by atoms with Crippen LogP contribution in [0.15, 0.2) is 95.4 Å². The van der Waals surface area contributed by atoms with Gasteiger partial charge in [-0.15, -0.1) is 11.3 Å². The van der Waals surface area contributed by atoms with E-state index < -0.39 is 0 Å². The van der Waals surface area contributed by atoms with Gasteiger partial charge in [-0.3, -0.25) is 4.79 Å². The number of carbonyl (C=O) groups excluding carboxylic acids is 1. The molecule has 1 heterocycles. The number of aromatic nitrogens is 1. The summed E-state index contributed by atoms with van der Waals surface area (Å²) in [6, 6.07) is 25.1. The Morgan fingerprint density at radius 2 is 1.61 bits per heavy atom. The second-order valence-electron chi connectivity index (χ2n) is 8.64. The maximum atomic E-state index is 12.6. The molecule has 0 aliphatic carbocycles. The molecule has 6 nitrogen and oxygen atoms in total. The standard InChI is InChI=1S/C30H20Cl4N4O2S/c31-22-9-11-23(12-10-22)36-30-37-27(17-41-30)19-5-7-20(8-6-19)29(39)38-35-15-18-13-25(33)28(26(34)14-18)40-16-21-3-1-2-4-24(21)32/h1-15,17H,16H2,(H,36,37)(H,38,39)/b35-15-. The van der Waals surface area contributed by atoms with Gasteiger partial charge < -0.3 is 10.1 Å². The Morgan fingerprint density at radius 3 is 2.32 bits per heavy atom. The van der Waals surface area contributed by atoms with Gasteiger partial charge in [0.25, 0.3) is 5.91 Å². The van der Waals surface area contributed by atoms with Crippen LogP contribution in [0.4, 0.5) is 10.8 Å². The summed E-state index contributed by atoms with van der Waals surface area (Å²) in [6.45, 7) is 0.214. The molecule has 0 aliphatic rings. The first kappa shape index (κ1) is 28.9. The third-order valence-corrected chi connectivity index (χ3v) is 7.71. The first-order valence-corrected chi connectivity index (χ1v) is 14.5. The van der Waals surface area contributed by atoms with Gasteiger partial charge in [0, 0.05) is 37.8 Å². The molecule has 5 rings (SSSR count). The molecule has 2 N–H and O–H groups in total. The van der Waals surface area contributed by atoms with Crippen molar-refractivity contribution in [3.8, 4) is 17.0 Å². The zero-order valence-corrected chi connectivity index (χ0v) is 24.9. The summed E-state index contributed by atoms with van der Waals surface area (Å²) in [7, 11) is 0. The van der Waals surface area contributed by atoms with Crippen LogP contribution in [0, 0.1) is 0 Å². The summed E-state index contributed by atoms with van der Waals surface area (Å²) in [5, 5.41) is 11.9. The second kappa shape index (κ2) is 13.4. The molecular formula is C30H20Cl4N4O2S. The number of rotatable bonds is 9. The maximum Gasteiger partial charge on any atom is 0.271 e. The van der Waals surface area contributed by atoms with E-state index in [2.05, 4.69) is 20.8 Å². The molecule has 41 heavy (non-hydrogen) atoms. The van der Waals surface area contributed by atoms with E-state index in [0.717, 1.165) is 27.6 Å². The number of nitrogens with one attached hydrogen (secondary N) is 2. The van der Waals surface area contributed by atoms with Crippen molar-refractivity contribution < 1.29 is 9.53 Å². The molecule has 1 amide bonds. The van der Waals surface area contributed by atoms with Gasteiger partial charge >= 0.3 is 0 Å². The quantitative estimate of drug-likeness (QED) is 0.124. The fourth-order valence-corrected chi connectivity index (χ4v) is 5.37. The van der Waals surface area contributed by atoms with E-state index in [1.165, 1.54) is 17.6 Å². The van der Waals surface area contributed by atoms with E-state index >= 15 is 0 Å². The number of thiazole rings is 1. The number of ether oxygens (including phenoxy) is 1. The topological polar surface area (TPSA) is 75.6 Å². The lowest BCUT2D eigenvalue weighted by molar-refractivity contribution is 0.0955. The number of amides is 1. The fourth-order valence-electron chi connectivity index (χ4n) is 3.70. The van der Waals surface area contributed by atoms with Crippen molar-refractivity contribution in [1.29, 1.82) is 0 Å². The Balaban J connectivity index is 1.17. The highest BCUT2D eigenvalue weighted by atomic mass is 35.5. The largest absolute Gasteiger partial charge is 0.486 e. The minimum absolute atomic E-state index is 0.214. The monoisotopic (exact) mass is 640 g/mol. The molecular weight excluding hydrogens is 622 g/mol. The maximum absolute atomic E-state index is 12.6. The number of anilines is 2. The fraction of sp³-hybridized carbons (Fsp3) is 0.0333. The Hall–Kier alpha value is -3.59. The van der Waals surface area contributed by atoms with Crippen molar-refractivity contribution in [2.24, 2.45) is 5.10 Å². The molecule has 0 atom stereocenters. The van der Waals surface area contributed by atoms with E-state index in [0.29, 0.717) is 37.0 Å². The third-order valence-electron chi connectivity index (χ3n) is 5.77. The number of carbonyl (C=O) groups is 1. The van der Waals surface area contributed by atoms with E-state index in [4.69, 9.17) is 51.1 Å². The molecule has 1 aromatic heterocycles. The van der Waals surface area contributed by atoms with Crippen molar-refractivity contribution in [3.05, 3.63) is 127 Å². The van der Waals surface area contributed by atoms with Crippen LogP contribution in [-0.2, 0) is 6.61 Å². The molecule has 0 unspecified atom stereocenters. The predicted octanol–water partition coefficient (Wildman–Crippen LogP) is 9.51. The van der Waals surface area contributed by atoms with Crippen molar-refractivity contribution >= 4 is 80.7 Å². The molecule has 0 saturated heterocycles. The van der Waals surface area contributed by atoms with Crippen LogP contribution < -0.4 is 15.5 Å². The summed E-state index contributed by atoms with van der Waals surface area (Å²) in [5.74, 6) is -0.0319. The lowest BCUT2D eigenvalue weighted by Crippen LogP contribution is -2.17. The number of benzene rings is 4. The summed E-state index contributed by atoms with van der Waals surface area (Å²) in [6.07, 6.45) is 1.45. The van der Waals surface area contributed by atoms with E-state index in [1.807, 2.05) is 60.0 Å². The summed E-state index contributed by atoms with van der Waals surface area (Å²) < 4.78 is 5.79. The van der Waals surface area contributed by atoms with Crippen molar-refractivity contribution in [2.45, 2.75) is 6.61 Å². The number of hydrogen-bond acceptors (Lipinski definition) is 6. The highest BCUT2D eigenvalue weighted by Crippen LogP contribution is 2.35. The average Bonchev–Trinajstić information content (AvgIpc) is 3.43. The third kappa shape index (κ3) is 7.58. The molecule has 4 aromatic carbocycles. The van der Waals surface area contributed by atoms with Gasteiger partial charge in [-0.05, 0) is 60.2 Å². The van der Waals surface area contributed by atoms with Gasteiger partial charge in [-0.1, -0.05) is 76.7 Å². The average molecular weight is 642 g/mol. The van der Waals surface area contributed by atoms with Crippen LogP contribution in [-0.4, -0.2) is 17.1 Å². The Morgan fingerprint density at radius 1 is 0.902 bits per heavy atom. The molecule has 5 aromatic rings. The first-order valence-electron chi connectivity index (χ1n) is 12.1. The number of halogens is 4. The van der Waals surface area contributed by atoms with Crippen LogP contribution in [0.2, 0.25) is 20.1 Å². The lowest BCUT2D eigenvalue weighted by Gasteiger charge is -2.11. The van der Waals surface area contributed by atoms with E-state index in [-0.39, 0.29) is 12.5 Å². The zero-order chi connectivity index (χ0) is 28.8. The van der Waals surface area contributed by atoms with E-state index in [1.54, 1.807) is 30.3 Å².